The van der Waals surface area contributed by atoms with Gasteiger partial charge in [-0.2, -0.15) is 0 Å². The molecular weight excluding hydrogens is 386 g/mol. The molecule has 1 atom stereocenters. The Morgan fingerprint density at radius 2 is 1.83 bits per heavy atom. The number of carbonyl (C=O) groups is 2. The molecule has 0 aromatic heterocycles. The highest BCUT2D eigenvalue weighted by Crippen LogP contribution is 2.30. The second-order valence-electron chi connectivity index (χ2n) is 6.93. The van der Waals surface area contributed by atoms with Gasteiger partial charge < -0.3 is 15.0 Å². The van der Waals surface area contributed by atoms with Gasteiger partial charge in [0.1, 0.15) is 16.0 Å². The standard InChI is InChI=1S/C22H25N3O3S/c1-4-13-28-18-11-7-16(8-12-18)23-20(26)14-19-21(27)24-22(29-19)15-5-9-17(10-6-15)25(2)3/h5-12,19H,4,13-14H2,1-3H3,(H,23,26)/t19-/m0/s1. The number of carbonyl (C=O) groups excluding carboxylic acids is 2. The Labute approximate surface area is 175 Å². The summed E-state index contributed by atoms with van der Waals surface area (Å²) in [5.74, 6) is 0.294. The van der Waals surface area contributed by atoms with Crippen molar-refractivity contribution in [3.63, 3.8) is 0 Å². The van der Waals surface area contributed by atoms with Crippen molar-refractivity contribution in [3.05, 3.63) is 54.1 Å². The third kappa shape index (κ3) is 5.60. The molecule has 0 spiro atoms. The van der Waals surface area contributed by atoms with Crippen LogP contribution in [0.25, 0.3) is 0 Å². The summed E-state index contributed by atoms with van der Waals surface area (Å²) >= 11 is 1.34. The summed E-state index contributed by atoms with van der Waals surface area (Å²) < 4.78 is 5.53. The van der Waals surface area contributed by atoms with Gasteiger partial charge in [-0.3, -0.25) is 9.59 Å². The van der Waals surface area contributed by atoms with Crippen molar-refractivity contribution in [3.8, 4) is 5.75 Å². The van der Waals surface area contributed by atoms with Crippen molar-refractivity contribution in [2.24, 2.45) is 4.99 Å². The molecule has 1 aliphatic heterocycles. The summed E-state index contributed by atoms with van der Waals surface area (Å²) in [5.41, 5.74) is 2.64. The second kappa shape index (κ2) is 9.60. The molecule has 0 saturated carbocycles. The molecule has 2 aromatic rings. The average Bonchev–Trinajstić information content (AvgIpc) is 3.07. The maximum Gasteiger partial charge on any atom is 0.260 e. The molecule has 1 aliphatic rings. The minimum Gasteiger partial charge on any atom is -0.494 e. The first-order valence-electron chi connectivity index (χ1n) is 9.56. The molecule has 3 rings (SSSR count). The van der Waals surface area contributed by atoms with E-state index in [9.17, 15) is 9.59 Å². The van der Waals surface area contributed by atoms with Gasteiger partial charge in [-0.15, -0.1) is 0 Å². The molecule has 0 saturated heterocycles. The topological polar surface area (TPSA) is 71.0 Å². The lowest BCUT2D eigenvalue weighted by atomic mass is 10.2. The quantitative estimate of drug-likeness (QED) is 0.712. The minimum atomic E-state index is -0.495. The SMILES string of the molecule is CCCOc1ccc(NC(=O)C[C@@H]2SC(c3ccc(N(C)C)cc3)=NC2=O)cc1. The monoisotopic (exact) mass is 411 g/mol. The smallest absolute Gasteiger partial charge is 0.260 e. The number of thioether (sulfide) groups is 1. The van der Waals surface area contributed by atoms with Crippen LogP contribution in [0.15, 0.2) is 53.5 Å². The second-order valence-corrected chi connectivity index (χ2v) is 8.12. The number of hydrogen-bond acceptors (Lipinski definition) is 5. The summed E-state index contributed by atoms with van der Waals surface area (Å²) in [5, 5.41) is 3.00. The van der Waals surface area contributed by atoms with Crippen LogP contribution in [0.5, 0.6) is 5.75 Å². The molecule has 2 amide bonds. The molecule has 2 aromatic carbocycles. The summed E-state index contributed by atoms with van der Waals surface area (Å²) in [6, 6.07) is 15.1. The van der Waals surface area contributed by atoms with Crippen LogP contribution >= 0.6 is 11.8 Å². The molecule has 152 valence electrons. The van der Waals surface area contributed by atoms with Gasteiger partial charge in [-0.05, 0) is 42.8 Å². The van der Waals surface area contributed by atoms with E-state index < -0.39 is 5.25 Å². The number of ether oxygens (including phenoxy) is 1. The van der Waals surface area contributed by atoms with Crippen LogP contribution in [-0.2, 0) is 9.59 Å². The highest BCUT2D eigenvalue weighted by molar-refractivity contribution is 8.16. The van der Waals surface area contributed by atoms with Gasteiger partial charge in [-0.1, -0.05) is 30.8 Å². The largest absolute Gasteiger partial charge is 0.494 e. The molecule has 1 heterocycles. The lowest BCUT2D eigenvalue weighted by Gasteiger charge is -2.12. The predicted octanol–water partition coefficient (Wildman–Crippen LogP) is 3.96. The molecule has 0 fully saturated rings. The van der Waals surface area contributed by atoms with Gasteiger partial charge in [0, 0.05) is 37.5 Å². The maximum atomic E-state index is 12.4. The molecule has 0 radical (unpaired) electrons. The van der Waals surface area contributed by atoms with E-state index in [1.165, 1.54) is 11.8 Å². The van der Waals surface area contributed by atoms with Crippen LogP contribution in [0.2, 0.25) is 0 Å². The number of benzene rings is 2. The van der Waals surface area contributed by atoms with Crippen molar-refractivity contribution < 1.29 is 14.3 Å². The molecular formula is C22H25N3O3S. The van der Waals surface area contributed by atoms with Gasteiger partial charge in [0.2, 0.25) is 5.91 Å². The lowest BCUT2D eigenvalue weighted by molar-refractivity contribution is -0.121. The first-order valence-corrected chi connectivity index (χ1v) is 10.4. The van der Waals surface area contributed by atoms with Gasteiger partial charge in [0.05, 0.1) is 6.61 Å². The van der Waals surface area contributed by atoms with E-state index >= 15 is 0 Å². The predicted molar refractivity (Wildman–Crippen MR) is 119 cm³/mol. The Hall–Kier alpha value is -2.80. The lowest BCUT2D eigenvalue weighted by Crippen LogP contribution is -2.21. The van der Waals surface area contributed by atoms with Gasteiger partial charge in [0.25, 0.3) is 5.91 Å². The summed E-state index contributed by atoms with van der Waals surface area (Å²) in [6.45, 7) is 2.71. The van der Waals surface area contributed by atoms with Crippen LogP contribution in [0.1, 0.15) is 25.3 Å². The Balaban J connectivity index is 1.54. The minimum absolute atomic E-state index is 0.0837. The zero-order chi connectivity index (χ0) is 20.8. The van der Waals surface area contributed by atoms with E-state index in [1.807, 2.05) is 62.3 Å². The van der Waals surface area contributed by atoms with E-state index in [1.54, 1.807) is 12.1 Å². The fraction of sp³-hybridized carbons (Fsp3) is 0.318. The third-order valence-corrected chi connectivity index (χ3v) is 5.56. The normalized spacial score (nSPS) is 15.8. The average molecular weight is 412 g/mol. The molecule has 7 heteroatoms. The Bertz CT molecular complexity index is 893. The van der Waals surface area contributed by atoms with E-state index in [0.29, 0.717) is 17.3 Å². The number of nitrogens with zero attached hydrogens (tertiary/aromatic N) is 2. The van der Waals surface area contributed by atoms with Gasteiger partial charge in [0.15, 0.2) is 0 Å². The van der Waals surface area contributed by atoms with Crippen molar-refractivity contribution in [1.29, 1.82) is 0 Å². The van der Waals surface area contributed by atoms with E-state index in [-0.39, 0.29) is 18.2 Å². The van der Waals surface area contributed by atoms with E-state index in [2.05, 4.69) is 10.3 Å². The Morgan fingerprint density at radius 3 is 2.45 bits per heavy atom. The number of amides is 2. The fourth-order valence-electron chi connectivity index (χ4n) is 2.78. The summed E-state index contributed by atoms with van der Waals surface area (Å²) in [4.78, 5) is 30.8. The molecule has 6 nitrogen and oxygen atoms in total. The first kappa shape index (κ1) is 20.9. The van der Waals surface area contributed by atoms with E-state index in [0.717, 1.165) is 23.4 Å². The zero-order valence-corrected chi connectivity index (χ0v) is 17.7. The molecule has 0 aliphatic carbocycles. The number of anilines is 2. The fourth-order valence-corrected chi connectivity index (χ4v) is 3.85. The van der Waals surface area contributed by atoms with Crippen LogP contribution in [0.4, 0.5) is 11.4 Å². The van der Waals surface area contributed by atoms with E-state index in [4.69, 9.17) is 4.74 Å². The molecule has 29 heavy (non-hydrogen) atoms. The van der Waals surface area contributed by atoms with Crippen molar-refractivity contribution in [1.82, 2.24) is 0 Å². The highest BCUT2D eigenvalue weighted by Gasteiger charge is 2.31. The van der Waals surface area contributed by atoms with Gasteiger partial charge >= 0.3 is 0 Å². The summed E-state index contributed by atoms with van der Waals surface area (Å²) in [7, 11) is 3.95. The van der Waals surface area contributed by atoms with Crippen molar-refractivity contribution in [2.45, 2.75) is 25.0 Å². The highest BCUT2D eigenvalue weighted by atomic mass is 32.2. The van der Waals surface area contributed by atoms with Crippen molar-refractivity contribution in [2.75, 3.05) is 30.9 Å². The Morgan fingerprint density at radius 1 is 1.14 bits per heavy atom. The molecule has 0 bridgehead atoms. The van der Waals surface area contributed by atoms with Crippen LogP contribution in [0, 0.1) is 0 Å². The van der Waals surface area contributed by atoms with Crippen LogP contribution in [-0.4, -0.2) is 42.8 Å². The number of hydrogen-bond donors (Lipinski definition) is 1. The maximum absolute atomic E-state index is 12.4. The summed E-state index contributed by atoms with van der Waals surface area (Å²) in [6.07, 6.45) is 1.02. The van der Waals surface area contributed by atoms with Crippen LogP contribution < -0.4 is 15.0 Å². The number of aliphatic imine (C=N–C) groups is 1. The Kier molecular flexibility index (Phi) is 6.93. The number of rotatable bonds is 8. The zero-order valence-electron chi connectivity index (χ0n) is 16.8. The molecule has 0 unspecified atom stereocenters. The number of nitrogens with one attached hydrogen (secondary N) is 1. The third-order valence-electron chi connectivity index (χ3n) is 4.35. The molecule has 1 N–H and O–H groups in total. The van der Waals surface area contributed by atoms with Gasteiger partial charge in [-0.25, -0.2) is 4.99 Å². The van der Waals surface area contributed by atoms with Crippen LogP contribution in [0.3, 0.4) is 0 Å². The van der Waals surface area contributed by atoms with Crippen molar-refractivity contribution >= 4 is 40.0 Å². The first-order chi connectivity index (χ1) is 14.0.